The molecule has 13 heavy (non-hydrogen) atoms. The molecule has 1 aromatic rings. The van der Waals surface area contributed by atoms with Crippen molar-refractivity contribution in [1.29, 1.82) is 0 Å². The van der Waals surface area contributed by atoms with Gasteiger partial charge in [0.2, 0.25) is 0 Å². The number of alkyl halides is 2. The molecule has 0 spiro atoms. The lowest BCUT2D eigenvalue weighted by Crippen LogP contribution is -1.85. The molecule has 1 aromatic carbocycles. The van der Waals surface area contributed by atoms with E-state index >= 15 is 0 Å². The van der Waals surface area contributed by atoms with Crippen LogP contribution in [0.4, 0.5) is 0 Å². The maximum absolute atomic E-state index is 10.5. The van der Waals surface area contributed by atoms with Crippen molar-refractivity contribution in [1.82, 2.24) is 0 Å². The topological polar surface area (TPSA) is 17.1 Å². The average Bonchev–Trinajstić information content (AvgIpc) is 2.06. The standard InChI is InChI=1S/C7H4Cl2O.CH2Cl2/c8-6-3-1-5(2-4-6)7(9)10;2-1-3/h1-4H;1H2. The maximum Gasteiger partial charge on any atom is 0.252 e. The Morgan fingerprint density at radius 1 is 1.15 bits per heavy atom. The van der Waals surface area contributed by atoms with Crippen LogP contribution in [0.1, 0.15) is 10.4 Å². The average molecular weight is 260 g/mol. The summed E-state index contributed by atoms with van der Waals surface area (Å²) in [5.74, 6) is 0. The lowest BCUT2D eigenvalue weighted by atomic mass is 10.2. The molecular weight excluding hydrogens is 254 g/mol. The number of hydrogen-bond donors (Lipinski definition) is 0. The minimum Gasteiger partial charge on any atom is -0.276 e. The predicted molar refractivity (Wildman–Crippen MR) is 58.2 cm³/mol. The second-order valence-electron chi connectivity index (χ2n) is 1.88. The van der Waals surface area contributed by atoms with E-state index in [0.29, 0.717) is 10.6 Å². The number of rotatable bonds is 1. The van der Waals surface area contributed by atoms with Crippen molar-refractivity contribution < 1.29 is 4.79 Å². The van der Waals surface area contributed by atoms with Crippen molar-refractivity contribution in [3.8, 4) is 0 Å². The molecular formula is C8H6Cl4O. The summed E-state index contributed by atoms with van der Waals surface area (Å²) in [6, 6.07) is 6.41. The van der Waals surface area contributed by atoms with Crippen LogP contribution in [-0.4, -0.2) is 10.6 Å². The van der Waals surface area contributed by atoms with Crippen molar-refractivity contribution in [2.75, 3.05) is 5.34 Å². The zero-order valence-corrected chi connectivity index (χ0v) is 9.46. The third-order valence-electron chi connectivity index (χ3n) is 1.07. The smallest absolute Gasteiger partial charge is 0.252 e. The van der Waals surface area contributed by atoms with Gasteiger partial charge >= 0.3 is 0 Å². The highest BCUT2D eigenvalue weighted by Gasteiger charge is 1.98. The summed E-state index contributed by atoms with van der Waals surface area (Å²) in [6.45, 7) is 0. The van der Waals surface area contributed by atoms with E-state index in [2.05, 4.69) is 0 Å². The van der Waals surface area contributed by atoms with Crippen molar-refractivity contribution in [2.24, 2.45) is 0 Å². The van der Waals surface area contributed by atoms with Crippen LogP contribution in [0.25, 0.3) is 0 Å². The molecule has 1 nitrogen and oxygen atoms in total. The van der Waals surface area contributed by atoms with Crippen LogP contribution in [0.5, 0.6) is 0 Å². The normalized spacial score (nSPS) is 8.62. The van der Waals surface area contributed by atoms with E-state index in [1.807, 2.05) is 0 Å². The van der Waals surface area contributed by atoms with Gasteiger partial charge in [0.05, 0.1) is 5.34 Å². The van der Waals surface area contributed by atoms with E-state index in [-0.39, 0.29) is 5.34 Å². The van der Waals surface area contributed by atoms with Crippen LogP contribution in [-0.2, 0) is 0 Å². The molecule has 0 amide bonds. The zero-order valence-electron chi connectivity index (χ0n) is 6.44. The van der Waals surface area contributed by atoms with Gasteiger partial charge in [-0.1, -0.05) is 11.6 Å². The van der Waals surface area contributed by atoms with Crippen LogP contribution in [0.3, 0.4) is 0 Å². The van der Waals surface area contributed by atoms with E-state index in [1.54, 1.807) is 24.3 Å². The molecule has 0 aliphatic carbocycles. The van der Waals surface area contributed by atoms with Gasteiger partial charge in [0, 0.05) is 10.6 Å². The molecule has 0 aliphatic rings. The van der Waals surface area contributed by atoms with Crippen molar-refractivity contribution >= 4 is 51.6 Å². The summed E-state index contributed by atoms with van der Waals surface area (Å²) < 4.78 is 0. The molecule has 0 atom stereocenters. The zero-order chi connectivity index (χ0) is 10.3. The highest BCUT2D eigenvalue weighted by atomic mass is 35.5. The quantitative estimate of drug-likeness (QED) is 0.547. The Bertz CT molecular complexity index is 257. The first kappa shape index (κ1) is 13.1. The van der Waals surface area contributed by atoms with E-state index in [1.165, 1.54) is 0 Å². The summed E-state index contributed by atoms with van der Waals surface area (Å²) in [4.78, 5) is 10.5. The molecule has 0 fully saturated rings. The minimum absolute atomic E-state index is 0.194. The molecule has 0 unspecified atom stereocenters. The third kappa shape index (κ3) is 6.17. The Labute approximate surface area is 96.5 Å². The summed E-state index contributed by atoms with van der Waals surface area (Å²) >= 11 is 20.3. The highest BCUT2D eigenvalue weighted by Crippen LogP contribution is 2.10. The Balaban J connectivity index is 0.000000424. The van der Waals surface area contributed by atoms with Crippen LogP contribution in [0, 0.1) is 0 Å². The van der Waals surface area contributed by atoms with Gasteiger partial charge in [-0.15, -0.1) is 23.2 Å². The number of hydrogen-bond acceptors (Lipinski definition) is 1. The second kappa shape index (κ2) is 7.45. The van der Waals surface area contributed by atoms with Gasteiger partial charge in [0.1, 0.15) is 0 Å². The van der Waals surface area contributed by atoms with Gasteiger partial charge in [-0.05, 0) is 35.9 Å². The Morgan fingerprint density at radius 2 is 1.54 bits per heavy atom. The lowest BCUT2D eigenvalue weighted by Gasteiger charge is -1.91. The minimum atomic E-state index is -0.461. The SMILES string of the molecule is ClCCl.O=C(Cl)c1ccc(Cl)cc1. The molecule has 0 saturated carbocycles. The van der Waals surface area contributed by atoms with E-state index < -0.39 is 5.24 Å². The predicted octanol–water partition coefficient (Wildman–Crippen LogP) is 4.14. The van der Waals surface area contributed by atoms with E-state index in [9.17, 15) is 4.79 Å². The van der Waals surface area contributed by atoms with Crippen molar-refractivity contribution in [3.05, 3.63) is 34.9 Å². The number of carbonyl (C=O) groups excluding carboxylic acids is 1. The Kier molecular flexibility index (Phi) is 7.48. The van der Waals surface area contributed by atoms with E-state index in [4.69, 9.17) is 46.4 Å². The molecule has 0 heterocycles. The molecule has 72 valence electrons. The van der Waals surface area contributed by atoms with Crippen LogP contribution < -0.4 is 0 Å². The van der Waals surface area contributed by atoms with Crippen molar-refractivity contribution in [2.45, 2.75) is 0 Å². The van der Waals surface area contributed by atoms with Gasteiger partial charge in [-0.3, -0.25) is 4.79 Å². The first-order valence-corrected chi connectivity index (χ1v) is 5.01. The van der Waals surface area contributed by atoms with Crippen LogP contribution in [0.15, 0.2) is 24.3 Å². The molecule has 0 saturated heterocycles. The first-order chi connectivity index (χ1) is 6.11. The summed E-state index contributed by atoms with van der Waals surface area (Å²) in [5.41, 5.74) is 0.464. The van der Waals surface area contributed by atoms with Crippen LogP contribution in [0.2, 0.25) is 5.02 Å². The largest absolute Gasteiger partial charge is 0.276 e. The second-order valence-corrected chi connectivity index (χ2v) is 3.47. The fourth-order valence-electron chi connectivity index (χ4n) is 0.581. The first-order valence-electron chi connectivity index (χ1n) is 3.19. The molecule has 5 heteroatoms. The number of carbonyl (C=O) groups is 1. The molecule has 0 radical (unpaired) electrons. The number of halogens is 4. The Hall–Kier alpha value is 0.0500. The van der Waals surface area contributed by atoms with Gasteiger partial charge < -0.3 is 0 Å². The molecule has 0 aliphatic heterocycles. The van der Waals surface area contributed by atoms with Crippen LogP contribution >= 0.6 is 46.4 Å². The lowest BCUT2D eigenvalue weighted by molar-refractivity contribution is 0.108. The summed E-state index contributed by atoms with van der Waals surface area (Å²) in [6.07, 6.45) is 0. The number of benzene rings is 1. The summed E-state index contributed by atoms with van der Waals surface area (Å²) in [7, 11) is 0. The molecule has 0 N–H and O–H groups in total. The monoisotopic (exact) mass is 258 g/mol. The molecule has 0 bridgehead atoms. The fourth-order valence-corrected chi connectivity index (χ4v) is 0.833. The fraction of sp³-hybridized carbons (Fsp3) is 0.125. The third-order valence-corrected chi connectivity index (χ3v) is 1.54. The maximum atomic E-state index is 10.5. The van der Waals surface area contributed by atoms with Gasteiger partial charge in [0.15, 0.2) is 0 Å². The van der Waals surface area contributed by atoms with Gasteiger partial charge in [-0.25, -0.2) is 0 Å². The Morgan fingerprint density at radius 3 is 1.85 bits per heavy atom. The van der Waals surface area contributed by atoms with E-state index in [0.717, 1.165) is 0 Å². The molecule has 1 rings (SSSR count). The van der Waals surface area contributed by atoms with Gasteiger partial charge in [0.25, 0.3) is 5.24 Å². The molecule has 0 aromatic heterocycles. The highest BCUT2D eigenvalue weighted by molar-refractivity contribution is 6.67. The van der Waals surface area contributed by atoms with Crippen molar-refractivity contribution in [3.63, 3.8) is 0 Å². The van der Waals surface area contributed by atoms with Gasteiger partial charge in [-0.2, -0.15) is 0 Å². The summed E-state index contributed by atoms with van der Waals surface area (Å²) in [5, 5.41) is 0.332.